The SMILES string of the molecule is CC(C)(C)OC(=O)N1CC(CC(=O)O)(OCC2CCCCO2)C1. The van der Waals surface area contributed by atoms with Crippen molar-refractivity contribution in [1.82, 2.24) is 4.90 Å². The van der Waals surface area contributed by atoms with Crippen molar-refractivity contribution in [3.8, 4) is 0 Å². The van der Waals surface area contributed by atoms with Crippen LogP contribution >= 0.6 is 0 Å². The van der Waals surface area contributed by atoms with Crippen LogP contribution in [0, 0.1) is 0 Å². The standard InChI is InChI=1S/C16H27NO6/c1-15(2,3)23-14(20)17-10-16(11-17,8-13(18)19)22-9-12-6-4-5-7-21-12/h12H,4-11H2,1-3H3,(H,18,19). The minimum Gasteiger partial charge on any atom is -0.481 e. The highest BCUT2D eigenvalue weighted by atomic mass is 16.6. The van der Waals surface area contributed by atoms with Crippen molar-refractivity contribution in [3.63, 3.8) is 0 Å². The second-order valence-corrected chi connectivity index (χ2v) is 7.39. The summed E-state index contributed by atoms with van der Waals surface area (Å²) >= 11 is 0. The molecule has 2 aliphatic heterocycles. The second kappa shape index (κ2) is 7.05. The van der Waals surface area contributed by atoms with Crippen LogP contribution in [-0.2, 0) is 19.0 Å². The van der Waals surface area contributed by atoms with E-state index in [4.69, 9.17) is 19.3 Å². The minimum atomic E-state index is -0.932. The highest BCUT2D eigenvalue weighted by molar-refractivity contribution is 5.72. The average molecular weight is 329 g/mol. The van der Waals surface area contributed by atoms with Gasteiger partial charge in [0.1, 0.15) is 11.2 Å². The van der Waals surface area contributed by atoms with Gasteiger partial charge in [0, 0.05) is 6.61 Å². The van der Waals surface area contributed by atoms with Crippen LogP contribution in [0.4, 0.5) is 4.79 Å². The van der Waals surface area contributed by atoms with Crippen LogP contribution in [0.15, 0.2) is 0 Å². The topological polar surface area (TPSA) is 85.3 Å². The van der Waals surface area contributed by atoms with Gasteiger partial charge < -0.3 is 24.2 Å². The molecule has 2 aliphatic rings. The van der Waals surface area contributed by atoms with E-state index in [1.807, 2.05) is 0 Å². The summed E-state index contributed by atoms with van der Waals surface area (Å²) in [7, 11) is 0. The maximum absolute atomic E-state index is 12.0. The number of hydrogen-bond acceptors (Lipinski definition) is 5. The maximum Gasteiger partial charge on any atom is 0.410 e. The van der Waals surface area contributed by atoms with E-state index in [0.29, 0.717) is 6.61 Å². The van der Waals surface area contributed by atoms with E-state index in [0.717, 1.165) is 25.9 Å². The Bertz CT molecular complexity index is 432. The van der Waals surface area contributed by atoms with Gasteiger partial charge in [-0.3, -0.25) is 4.79 Å². The van der Waals surface area contributed by atoms with Crippen LogP contribution in [-0.4, -0.2) is 65.7 Å². The number of ether oxygens (including phenoxy) is 3. The molecule has 0 spiro atoms. The molecule has 1 amide bonds. The summed E-state index contributed by atoms with van der Waals surface area (Å²) in [5.41, 5.74) is -1.40. The predicted octanol–water partition coefficient (Wildman–Crippen LogP) is 2.04. The summed E-state index contributed by atoms with van der Waals surface area (Å²) in [5.74, 6) is -0.932. The fourth-order valence-electron chi connectivity index (χ4n) is 2.84. The number of likely N-dealkylation sites (tertiary alicyclic amines) is 1. The third-order valence-electron chi connectivity index (χ3n) is 3.93. The van der Waals surface area contributed by atoms with Crippen LogP contribution in [0.5, 0.6) is 0 Å². The molecule has 1 atom stereocenters. The normalized spacial score (nSPS) is 24.0. The van der Waals surface area contributed by atoms with Crippen LogP contribution in [0.1, 0.15) is 46.5 Å². The van der Waals surface area contributed by atoms with E-state index < -0.39 is 23.3 Å². The van der Waals surface area contributed by atoms with Gasteiger partial charge in [0.2, 0.25) is 0 Å². The number of nitrogens with zero attached hydrogens (tertiary/aromatic N) is 1. The Morgan fingerprint density at radius 2 is 2.00 bits per heavy atom. The molecule has 2 heterocycles. The van der Waals surface area contributed by atoms with Crippen molar-refractivity contribution in [1.29, 1.82) is 0 Å². The van der Waals surface area contributed by atoms with Crippen molar-refractivity contribution >= 4 is 12.1 Å². The molecule has 1 N–H and O–H groups in total. The smallest absolute Gasteiger partial charge is 0.410 e. The second-order valence-electron chi connectivity index (χ2n) is 7.39. The van der Waals surface area contributed by atoms with Gasteiger partial charge in [-0.15, -0.1) is 0 Å². The Hall–Kier alpha value is -1.34. The van der Waals surface area contributed by atoms with E-state index in [1.165, 1.54) is 4.90 Å². The van der Waals surface area contributed by atoms with E-state index in [-0.39, 0.29) is 25.6 Å². The molecule has 0 radical (unpaired) electrons. The quantitative estimate of drug-likeness (QED) is 0.831. The first kappa shape index (κ1) is 18.0. The molecule has 0 aromatic carbocycles. The lowest BCUT2D eigenvalue weighted by atomic mass is 9.90. The molecule has 7 heteroatoms. The van der Waals surface area contributed by atoms with Gasteiger partial charge in [-0.1, -0.05) is 0 Å². The molecule has 2 fully saturated rings. The third kappa shape index (κ3) is 5.35. The summed E-state index contributed by atoms with van der Waals surface area (Å²) in [6.07, 6.45) is 2.55. The zero-order valence-corrected chi connectivity index (χ0v) is 14.2. The molecular weight excluding hydrogens is 302 g/mol. The zero-order chi connectivity index (χ0) is 17.1. The van der Waals surface area contributed by atoms with Crippen molar-refractivity contribution in [2.24, 2.45) is 0 Å². The van der Waals surface area contributed by atoms with E-state index in [9.17, 15) is 9.59 Å². The Morgan fingerprint density at radius 3 is 2.52 bits per heavy atom. The summed E-state index contributed by atoms with van der Waals surface area (Å²) in [5, 5.41) is 9.12. The van der Waals surface area contributed by atoms with Crippen molar-refractivity contribution in [2.45, 2.75) is 63.8 Å². The van der Waals surface area contributed by atoms with Crippen LogP contribution in [0.25, 0.3) is 0 Å². The van der Waals surface area contributed by atoms with E-state index in [2.05, 4.69) is 0 Å². The van der Waals surface area contributed by atoms with Gasteiger partial charge in [-0.25, -0.2) is 4.79 Å². The van der Waals surface area contributed by atoms with E-state index in [1.54, 1.807) is 20.8 Å². The van der Waals surface area contributed by atoms with Crippen molar-refractivity contribution < 1.29 is 28.9 Å². The van der Waals surface area contributed by atoms with Gasteiger partial charge in [-0.05, 0) is 40.0 Å². The number of carboxylic acids is 1. The van der Waals surface area contributed by atoms with Crippen molar-refractivity contribution in [2.75, 3.05) is 26.3 Å². The third-order valence-corrected chi connectivity index (χ3v) is 3.93. The molecule has 23 heavy (non-hydrogen) atoms. The van der Waals surface area contributed by atoms with Gasteiger partial charge in [0.25, 0.3) is 0 Å². The molecule has 0 saturated carbocycles. The predicted molar refractivity (Wildman–Crippen MR) is 82.3 cm³/mol. The molecule has 0 aliphatic carbocycles. The largest absolute Gasteiger partial charge is 0.481 e. The van der Waals surface area contributed by atoms with E-state index >= 15 is 0 Å². The first-order valence-corrected chi connectivity index (χ1v) is 8.14. The Kier molecular flexibility index (Phi) is 5.52. The number of carbonyl (C=O) groups excluding carboxylic acids is 1. The Morgan fingerprint density at radius 1 is 1.30 bits per heavy atom. The van der Waals surface area contributed by atoms with Gasteiger partial charge in [0.05, 0.1) is 32.2 Å². The van der Waals surface area contributed by atoms with Gasteiger partial charge >= 0.3 is 12.1 Å². The van der Waals surface area contributed by atoms with Crippen molar-refractivity contribution in [3.05, 3.63) is 0 Å². The molecule has 2 saturated heterocycles. The lowest BCUT2D eigenvalue weighted by Gasteiger charge is -2.49. The molecular formula is C16H27NO6. The molecule has 0 bridgehead atoms. The lowest BCUT2D eigenvalue weighted by molar-refractivity contribution is -0.180. The molecule has 0 aromatic heterocycles. The average Bonchev–Trinajstić information content (AvgIpc) is 2.39. The first-order chi connectivity index (χ1) is 10.7. The highest BCUT2D eigenvalue weighted by Gasteiger charge is 2.49. The van der Waals surface area contributed by atoms with Crippen LogP contribution in [0.3, 0.4) is 0 Å². The van der Waals surface area contributed by atoms with Gasteiger partial charge in [0.15, 0.2) is 0 Å². The fraction of sp³-hybridized carbons (Fsp3) is 0.875. The molecule has 7 nitrogen and oxygen atoms in total. The molecule has 132 valence electrons. The van der Waals surface area contributed by atoms with Gasteiger partial charge in [-0.2, -0.15) is 0 Å². The van der Waals surface area contributed by atoms with Crippen LogP contribution in [0.2, 0.25) is 0 Å². The fourth-order valence-corrected chi connectivity index (χ4v) is 2.84. The molecule has 0 aromatic rings. The number of hydrogen-bond donors (Lipinski definition) is 1. The lowest BCUT2D eigenvalue weighted by Crippen LogP contribution is -2.66. The molecule has 1 unspecified atom stereocenters. The Labute approximate surface area is 136 Å². The number of aliphatic carboxylic acids is 1. The number of amides is 1. The van der Waals surface area contributed by atoms with Crippen LogP contribution < -0.4 is 0 Å². The summed E-state index contributed by atoms with van der Waals surface area (Å²) < 4.78 is 16.8. The number of rotatable bonds is 5. The summed E-state index contributed by atoms with van der Waals surface area (Å²) in [4.78, 5) is 24.6. The zero-order valence-electron chi connectivity index (χ0n) is 14.2. The minimum absolute atomic E-state index is 0.0185. The number of carbonyl (C=O) groups is 2. The highest BCUT2D eigenvalue weighted by Crippen LogP contribution is 2.31. The summed E-state index contributed by atoms with van der Waals surface area (Å²) in [6.45, 7) is 6.96. The maximum atomic E-state index is 12.0. The monoisotopic (exact) mass is 329 g/mol. The first-order valence-electron chi connectivity index (χ1n) is 8.14. The Balaban J connectivity index is 1.86. The number of carboxylic acid groups (broad SMARTS) is 1. The summed E-state index contributed by atoms with van der Waals surface area (Å²) in [6, 6.07) is 0. The molecule has 2 rings (SSSR count).